The molecule has 0 radical (unpaired) electrons. The van der Waals surface area contributed by atoms with Gasteiger partial charge in [0, 0.05) is 25.2 Å². The Labute approximate surface area is 122 Å². The van der Waals surface area contributed by atoms with E-state index in [4.69, 9.17) is 9.47 Å². The van der Waals surface area contributed by atoms with Gasteiger partial charge in [0.1, 0.15) is 5.60 Å². The number of alkyl carbamates (subject to hydrolysis) is 1. The van der Waals surface area contributed by atoms with Crippen molar-refractivity contribution >= 4 is 6.09 Å². The quantitative estimate of drug-likeness (QED) is 0.755. The third-order valence-electron chi connectivity index (χ3n) is 3.20. The summed E-state index contributed by atoms with van der Waals surface area (Å²) >= 11 is 0. The molecule has 2 N–H and O–H groups in total. The largest absolute Gasteiger partial charge is 0.444 e. The molecule has 1 fully saturated rings. The topological polar surface area (TPSA) is 59.6 Å². The Morgan fingerprint density at radius 3 is 2.75 bits per heavy atom. The lowest BCUT2D eigenvalue weighted by Crippen LogP contribution is -2.46. The first-order valence-corrected chi connectivity index (χ1v) is 7.71. The first-order chi connectivity index (χ1) is 9.40. The van der Waals surface area contributed by atoms with Gasteiger partial charge < -0.3 is 20.1 Å². The molecule has 0 aromatic rings. The summed E-state index contributed by atoms with van der Waals surface area (Å²) in [6, 6.07) is 0.700. The molecule has 0 bridgehead atoms. The molecule has 0 spiro atoms. The molecule has 1 aliphatic heterocycles. The van der Waals surface area contributed by atoms with Gasteiger partial charge in [0.25, 0.3) is 0 Å². The van der Waals surface area contributed by atoms with Gasteiger partial charge in [0.05, 0.1) is 6.61 Å². The minimum Gasteiger partial charge on any atom is -0.444 e. The van der Waals surface area contributed by atoms with Gasteiger partial charge in [0.2, 0.25) is 0 Å². The van der Waals surface area contributed by atoms with Crippen LogP contribution >= 0.6 is 0 Å². The van der Waals surface area contributed by atoms with Gasteiger partial charge in [-0.25, -0.2) is 4.79 Å². The minimum atomic E-state index is -0.449. The highest BCUT2D eigenvalue weighted by Crippen LogP contribution is 2.09. The van der Waals surface area contributed by atoms with Crippen LogP contribution in [0, 0.1) is 0 Å². The van der Waals surface area contributed by atoms with Crippen LogP contribution < -0.4 is 10.6 Å². The predicted octanol–water partition coefficient (Wildman–Crippen LogP) is 2.45. The maximum Gasteiger partial charge on any atom is 0.407 e. The van der Waals surface area contributed by atoms with Gasteiger partial charge in [-0.1, -0.05) is 19.8 Å². The first kappa shape index (κ1) is 17.2. The Bertz CT molecular complexity index is 283. The fourth-order valence-electron chi connectivity index (χ4n) is 2.21. The molecule has 1 amide bonds. The summed E-state index contributed by atoms with van der Waals surface area (Å²) in [5.74, 6) is 0. The van der Waals surface area contributed by atoms with E-state index in [1.54, 1.807) is 0 Å². The van der Waals surface area contributed by atoms with Crippen molar-refractivity contribution < 1.29 is 14.3 Å². The van der Waals surface area contributed by atoms with Crippen LogP contribution in [0.25, 0.3) is 0 Å². The molecule has 1 aliphatic rings. The molecule has 20 heavy (non-hydrogen) atoms. The SMILES string of the molecule is CCCCC(CNC(=O)OC(C)(C)C)NC1CCOC1. The average molecular weight is 286 g/mol. The molecular formula is C15H30N2O3. The lowest BCUT2D eigenvalue weighted by molar-refractivity contribution is 0.0520. The highest BCUT2D eigenvalue weighted by Gasteiger charge is 2.21. The van der Waals surface area contributed by atoms with E-state index in [0.29, 0.717) is 12.6 Å². The number of hydrogen-bond acceptors (Lipinski definition) is 4. The van der Waals surface area contributed by atoms with E-state index in [1.165, 1.54) is 0 Å². The van der Waals surface area contributed by atoms with Crippen LogP contribution in [0.4, 0.5) is 4.79 Å². The number of ether oxygens (including phenoxy) is 2. The number of carbonyl (C=O) groups excluding carboxylic acids is 1. The van der Waals surface area contributed by atoms with E-state index >= 15 is 0 Å². The Hall–Kier alpha value is -0.810. The van der Waals surface area contributed by atoms with Gasteiger partial charge in [-0.3, -0.25) is 0 Å². The monoisotopic (exact) mass is 286 g/mol. The molecule has 1 saturated heterocycles. The highest BCUT2D eigenvalue weighted by atomic mass is 16.6. The number of rotatable bonds is 7. The average Bonchev–Trinajstić information content (AvgIpc) is 2.83. The van der Waals surface area contributed by atoms with E-state index in [0.717, 1.165) is 38.9 Å². The molecule has 2 atom stereocenters. The van der Waals surface area contributed by atoms with E-state index in [1.807, 2.05) is 20.8 Å². The van der Waals surface area contributed by atoms with Crippen molar-refractivity contribution in [3.05, 3.63) is 0 Å². The molecule has 5 nitrogen and oxygen atoms in total. The number of unbranched alkanes of at least 4 members (excludes halogenated alkanes) is 1. The standard InChI is InChI=1S/C15H30N2O3/c1-5-6-7-12(17-13-8-9-19-11-13)10-16-14(18)20-15(2,3)4/h12-13,17H,5-11H2,1-4H3,(H,16,18). The van der Waals surface area contributed by atoms with Crippen molar-refractivity contribution in [2.24, 2.45) is 0 Å². The number of nitrogens with one attached hydrogen (secondary N) is 2. The lowest BCUT2D eigenvalue weighted by Gasteiger charge is -2.24. The zero-order chi connectivity index (χ0) is 15.0. The zero-order valence-electron chi connectivity index (χ0n) is 13.3. The van der Waals surface area contributed by atoms with Crippen LogP contribution in [0.3, 0.4) is 0 Å². The van der Waals surface area contributed by atoms with Gasteiger partial charge in [-0.15, -0.1) is 0 Å². The van der Waals surface area contributed by atoms with Gasteiger partial charge in [0.15, 0.2) is 0 Å². The summed E-state index contributed by atoms with van der Waals surface area (Å²) in [6.45, 7) is 9.99. The molecule has 5 heteroatoms. The molecule has 0 aromatic heterocycles. The van der Waals surface area contributed by atoms with Crippen LogP contribution in [-0.4, -0.2) is 43.5 Å². The van der Waals surface area contributed by atoms with Crippen molar-refractivity contribution in [1.82, 2.24) is 10.6 Å². The zero-order valence-corrected chi connectivity index (χ0v) is 13.3. The van der Waals surface area contributed by atoms with Gasteiger partial charge >= 0.3 is 6.09 Å². The summed E-state index contributed by atoms with van der Waals surface area (Å²) in [5, 5.41) is 6.43. The smallest absolute Gasteiger partial charge is 0.407 e. The maximum absolute atomic E-state index is 11.7. The second-order valence-corrected chi connectivity index (χ2v) is 6.45. The summed E-state index contributed by atoms with van der Waals surface area (Å²) < 4.78 is 10.6. The normalized spacial score (nSPS) is 20.7. The molecule has 0 aliphatic carbocycles. The second-order valence-electron chi connectivity index (χ2n) is 6.45. The molecule has 0 saturated carbocycles. The van der Waals surface area contributed by atoms with Gasteiger partial charge in [-0.2, -0.15) is 0 Å². The molecule has 0 aromatic carbocycles. The first-order valence-electron chi connectivity index (χ1n) is 7.71. The van der Waals surface area contributed by atoms with E-state index < -0.39 is 5.60 Å². The number of hydrogen-bond donors (Lipinski definition) is 2. The Morgan fingerprint density at radius 2 is 2.20 bits per heavy atom. The maximum atomic E-state index is 11.7. The minimum absolute atomic E-state index is 0.286. The van der Waals surface area contributed by atoms with Crippen molar-refractivity contribution in [3.63, 3.8) is 0 Å². The summed E-state index contributed by atoms with van der Waals surface area (Å²) in [5.41, 5.74) is -0.449. The van der Waals surface area contributed by atoms with Crippen LogP contribution in [-0.2, 0) is 9.47 Å². The fourth-order valence-corrected chi connectivity index (χ4v) is 2.21. The van der Waals surface area contributed by atoms with Crippen LogP contribution in [0.15, 0.2) is 0 Å². The second kappa shape index (κ2) is 8.47. The molecule has 1 rings (SSSR count). The molecular weight excluding hydrogens is 256 g/mol. The van der Waals surface area contributed by atoms with Crippen molar-refractivity contribution in [2.45, 2.75) is 71.1 Å². The van der Waals surface area contributed by atoms with Crippen LogP contribution in [0.2, 0.25) is 0 Å². The number of amides is 1. The Kier molecular flexibility index (Phi) is 7.30. The fraction of sp³-hybridized carbons (Fsp3) is 0.933. The Balaban J connectivity index is 2.33. The molecule has 1 heterocycles. The van der Waals surface area contributed by atoms with Crippen molar-refractivity contribution in [3.8, 4) is 0 Å². The third-order valence-corrected chi connectivity index (χ3v) is 3.20. The van der Waals surface area contributed by atoms with Crippen molar-refractivity contribution in [2.75, 3.05) is 19.8 Å². The van der Waals surface area contributed by atoms with Crippen molar-refractivity contribution in [1.29, 1.82) is 0 Å². The summed E-state index contributed by atoms with van der Waals surface area (Å²) in [7, 11) is 0. The van der Waals surface area contributed by atoms with Gasteiger partial charge in [-0.05, 0) is 33.6 Å². The number of carbonyl (C=O) groups is 1. The Morgan fingerprint density at radius 1 is 1.45 bits per heavy atom. The lowest BCUT2D eigenvalue weighted by atomic mass is 10.1. The van der Waals surface area contributed by atoms with E-state index in [2.05, 4.69) is 17.6 Å². The molecule has 2 unspecified atom stereocenters. The third kappa shape index (κ3) is 7.70. The summed E-state index contributed by atoms with van der Waals surface area (Å²) in [4.78, 5) is 11.7. The van der Waals surface area contributed by atoms with Crippen LogP contribution in [0.5, 0.6) is 0 Å². The van der Waals surface area contributed by atoms with E-state index in [-0.39, 0.29) is 12.1 Å². The highest BCUT2D eigenvalue weighted by molar-refractivity contribution is 5.67. The van der Waals surface area contributed by atoms with E-state index in [9.17, 15) is 4.79 Å². The van der Waals surface area contributed by atoms with Crippen LogP contribution in [0.1, 0.15) is 53.4 Å². The molecule has 118 valence electrons. The summed E-state index contributed by atoms with van der Waals surface area (Å²) in [6.07, 6.45) is 4.08. The predicted molar refractivity (Wildman–Crippen MR) is 79.9 cm³/mol.